The lowest BCUT2D eigenvalue weighted by molar-refractivity contribution is -0.117. The van der Waals surface area contributed by atoms with Crippen LogP contribution < -0.4 is 10.2 Å². The van der Waals surface area contributed by atoms with Gasteiger partial charge >= 0.3 is 0 Å². The summed E-state index contributed by atoms with van der Waals surface area (Å²) in [5, 5.41) is 4.32. The molecule has 0 bridgehead atoms. The van der Waals surface area contributed by atoms with Crippen molar-refractivity contribution in [2.24, 2.45) is 0 Å². The molecule has 1 aliphatic rings. The Morgan fingerprint density at radius 1 is 1.04 bits per heavy atom. The van der Waals surface area contributed by atoms with Gasteiger partial charge in [-0.1, -0.05) is 35.3 Å². The molecule has 0 radical (unpaired) electrons. The Morgan fingerprint density at radius 3 is 2.48 bits per heavy atom. The van der Waals surface area contributed by atoms with Gasteiger partial charge in [-0.05, 0) is 42.8 Å². The highest BCUT2D eigenvalue weighted by molar-refractivity contribution is 6.31. The van der Waals surface area contributed by atoms with Crippen LogP contribution in [0.1, 0.15) is 5.56 Å². The molecule has 3 rings (SSSR count). The highest BCUT2D eigenvalue weighted by Gasteiger charge is 2.19. The third-order valence-electron chi connectivity index (χ3n) is 4.39. The van der Waals surface area contributed by atoms with E-state index in [4.69, 9.17) is 23.2 Å². The number of hydrogen-bond acceptors (Lipinski definition) is 3. The average Bonchev–Trinajstić information content (AvgIpc) is 2.59. The van der Waals surface area contributed by atoms with Gasteiger partial charge in [-0.25, -0.2) is 0 Å². The lowest BCUT2D eigenvalue weighted by Crippen LogP contribution is -2.48. The zero-order chi connectivity index (χ0) is 17.8. The van der Waals surface area contributed by atoms with Crippen molar-refractivity contribution >= 4 is 40.5 Å². The molecule has 1 fully saturated rings. The summed E-state index contributed by atoms with van der Waals surface area (Å²) >= 11 is 12.1. The zero-order valence-corrected chi connectivity index (χ0v) is 15.6. The number of nitrogens with one attached hydrogen (secondary N) is 1. The van der Waals surface area contributed by atoms with E-state index >= 15 is 0 Å². The molecule has 0 atom stereocenters. The van der Waals surface area contributed by atoms with Gasteiger partial charge in [-0.2, -0.15) is 0 Å². The van der Waals surface area contributed by atoms with Gasteiger partial charge in [0.05, 0.1) is 6.54 Å². The Hall–Kier alpha value is -1.75. The molecule has 2 aromatic rings. The number of carbonyl (C=O) groups excluding carboxylic acids is 1. The number of halogens is 2. The highest BCUT2D eigenvalue weighted by Crippen LogP contribution is 2.22. The molecule has 25 heavy (non-hydrogen) atoms. The van der Waals surface area contributed by atoms with Crippen LogP contribution in [0.5, 0.6) is 0 Å². The van der Waals surface area contributed by atoms with Crippen LogP contribution in [0.25, 0.3) is 0 Å². The summed E-state index contributed by atoms with van der Waals surface area (Å²) in [6, 6.07) is 13.4. The van der Waals surface area contributed by atoms with Crippen LogP contribution in [0.3, 0.4) is 0 Å². The van der Waals surface area contributed by atoms with Crippen molar-refractivity contribution in [3.63, 3.8) is 0 Å². The van der Waals surface area contributed by atoms with Crippen molar-refractivity contribution in [3.8, 4) is 0 Å². The second-order valence-electron chi connectivity index (χ2n) is 6.25. The first-order valence-corrected chi connectivity index (χ1v) is 9.06. The number of rotatable bonds is 4. The summed E-state index contributed by atoms with van der Waals surface area (Å²) in [4.78, 5) is 16.8. The summed E-state index contributed by atoms with van der Waals surface area (Å²) in [5.41, 5.74) is 2.91. The topological polar surface area (TPSA) is 35.6 Å². The first kappa shape index (κ1) is 18.1. The van der Waals surface area contributed by atoms with Crippen LogP contribution in [0, 0.1) is 6.92 Å². The number of carbonyl (C=O) groups is 1. The number of piperazine rings is 1. The zero-order valence-electron chi connectivity index (χ0n) is 14.1. The second kappa shape index (κ2) is 8.09. The Morgan fingerprint density at radius 2 is 1.76 bits per heavy atom. The van der Waals surface area contributed by atoms with E-state index < -0.39 is 0 Å². The van der Waals surface area contributed by atoms with Crippen LogP contribution in [0.4, 0.5) is 11.4 Å². The van der Waals surface area contributed by atoms with Crippen molar-refractivity contribution in [3.05, 3.63) is 58.1 Å². The predicted molar refractivity (Wildman–Crippen MR) is 105 cm³/mol. The van der Waals surface area contributed by atoms with Crippen LogP contribution in [-0.2, 0) is 4.79 Å². The molecule has 1 amide bonds. The monoisotopic (exact) mass is 377 g/mol. The third-order valence-corrected chi connectivity index (χ3v) is 4.86. The van der Waals surface area contributed by atoms with Crippen molar-refractivity contribution in [2.75, 3.05) is 42.9 Å². The fourth-order valence-electron chi connectivity index (χ4n) is 2.96. The molecule has 0 aromatic heterocycles. The number of hydrogen-bond donors (Lipinski definition) is 1. The smallest absolute Gasteiger partial charge is 0.238 e. The number of amides is 1. The summed E-state index contributed by atoms with van der Waals surface area (Å²) in [6.45, 7) is 5.78. The first-order valence-electron chi connectivity index (χ1n) is 8.30. The van der Waals surface area contributed by atoms with E-state index in [1.54, 1.807) is 6.07 Å². The normalized spacial score (nSPS) is 15.2. The fourth-order valence-corrected chi connectivity index (χ4v) is 3.32. The number of nitrogens with zero attached hydrogens (tertiary/aromatic N) is 2. The third kappa shape index (κ3) is 4.88. The van der Waals surface area contributed by atoms with Crippen molar-refractivity contribution in [1.29, 1.82) is 0 Å². The van der Waals surface area contributed by atoms with Crippen LogP contribution in [-0.4, -0.2) is 43.5 Å². The van der Waals surface area contributed by atoms with Gasteiger partial charge in [0.15, 0.2) is 0 Å². The van der Waals surface area contributed by atoms with E-state index in [-0.39, 0.29) is 5.91 Å². The molecule has 1 saturated heterocycles. The largest absolute Gasteiger partial charge is 0.369 e. The minimum Gasteiger partial charge on any atom is -0.369 e. The molecule has 1 heterocycles. The van der Waals surface area contributed by atoms with Gasteiger partial charge < -0.3 is 10.2 Å². The first-order chi connectivity index (χ1) is 12.0. The van der Waals surface area contributed by atoms with Gasteiger partial charge in [-0.15, -0.1) is 0 Å². The van der Waals surface area contributed by atoms with Crippen molar-refractivity contribution in [2.45, 2.75) is 6.92 Å². The SMILES string of the molecule is Cc1ccc(Cl)cc1NC(=O)CN1CCN(c2cccc(Cl)c2)CC1. The van der Waals surface area contributed by atoms with Gasteiger partial charge in [0.1, 0.15) is 0 Å². The van der Waals surface area contributed by atoms with Crippen molar-refractivity contribution < 1.29 is 4.79 Å². The molecule has 132 valence electrons. The molecular weight excluding hydrogens is 357 g/mol. The Bertz CT molecular complexity index is 758. The van der Waals surface area contributed by atoms with Crippen LogP contribution >= 0.6 is 23.2 Å². The van der Waals surface area contributed by atoms with Gasteiger partial charge in [0, 0.05) is 47.6 Å². The average molecular weight is 378 g/mol. The van der Waals surface area contributed by atoms with E-state index in [0.29, 0.717) is 11.6 Å². The molecule has 0 saturated carbocycles. The number of benzene rings is 2. The van der Waals surface area contributed by atoms with Crippen LogP contribution in [0.2, 0.25) is 10.0 Å². The molecule has 6 heteroatoms. The molecule has 1 N–H and O–H groups in total. The predicted octanol–water partition coefficient (Wildman–Crippen LogP) is 4.06. The lowest BCUT2D eigenvalue weighted by atomic mass is 10.2. The molecule has 0 spiro atoms. The van der Waals surface area contributed by atoms with E-state index in [1.165, 1.54) is 0 Å². The summed E-state index contributed by atoms with van der Waals surface area (Å²) in [5.74, 6) is -0.0124. The molecule has 1 aliphatic heterocycles. The van der Waals surface area contributed by atoms with E-state index in [9.17, 15) is 4.79 Å². The maximum Gasteiger partial charge on any atom is 0.238 e. The van der Waals surface area contributed by atoms with E-state index in [0.717, 1.165) is 48.1 Å². The molecule has 0 aliphatic carbocycles. The lowest BCUT2D eigenvalue weighted by Gasteiger charge is -2.35. The standard InChI is InChI=1S/C19H21Cl2N3O/c1-14-5-6-16(21)12-18(14)22-19(25)13-23-7-9-24(10-8-23)17-4-2-3-15(20)11-17/h2-6,11-12H,7-10,13H2,1H3,(H,22,25). The van der Waals surface area contributed by atoms with Gasteiger partial charge in [-0.3, -0.25) is 9.69 Å². The Balaban J connectivity index is 1.52. The highest BCUT2D eigenvalue weighted by atomic mass is 35.5. The molecule has 2 aromatic carbocycles. The van der Waals surface area contributed by atoms with Crippen molar-refractivity contribution in [1.82, 2.24) is 4.90 Å². The number of aryl methyl sites for hydroxylation is 1. The van der Waals surface area contributed by atoms with E-state index in [1.807, 2.05) is 37.3 Å². The second-order valence-corrected chi connectivity index (χ2v) is 7.12. The van der Waals surface area contributed by atoms with Gasteiger partial charge in [0.25, 0.3) is 0 Å². The van der Waals surface area contributed by atoms with E-state index in [2.05, 4.69) is 21.2 Å². The molecule has 0 unspecified atom stereocenters. The minimum absolute atomic E-state index is 0.0124. The molecule has 4 nitrogen and oxygen atoms in total. The summed E-state index contributed by atoms with van der Waals surface area (Å²) in [7, 11) is 0. The Labute approximate surface area is 158 Å². The minimum atomic E-state index is -0.0124. The maximum atomic E-state index is 12.3. The summed E-state index contributed by atoms with van der Waals surface area (Å²) < 4.78 is 0. The maximum absolute atomic E-state index is 12.3. The summed E-state index contributed by atoms with van der Waals surface area (Å²) in [6.07, 6.45) is 0. The quantitative estimate of drug-likeness (QED) is 0.872. The fraction of sp³-hybridized carbons (Fsp3) is 0.316. The van der Waals surface area contributed by atoms with Gasteiger partial charge in [0.2, 0.25) is 5.91 Å². The Kier molecular flexibility index (Phi) is 5.84. The number of anilines is 2. The van der Waals surface area contributed by atoms with Crippen LogP contribution in [0.15, 0.2) is 42.5 Å². The molecular formula is C19H21Cl2N3O.